The van der Waals surface area contributed by atoms with Crippen LogP contribution in [0.25, 0.3) is 0 Å². The van der Waals surface area contributed by atoms with Gasteiger partial charge in [0.2, 0.25) is 11.8 Å². The zero-order valence-electron chi connectivity index (χ0n) is 17.2. The molecular formula is C23H28FN3O3. The summed E-state index contributed by atoms with van der Waals surface area (Å²) in [7, 11) is 0. The molecule has 0 aliphatic carbocycles. The molecule has 1 fully saturated rings. The van der Waals surface area contributed by atoms with Crippen molar-refractivity contribution in [3.8, 4) is 5.75 Å². The van der Waals surface area contributed by atoms with Gasteiger partial charge in [-0.3, -0.25) is 14.5 Å². The highest BCUT2D eigenvalue weighted by molar-refractivity contribution is 5.95. The molecule has 160 valence electrons. The first-order valence-electron chi connectivity index (χ1n) is 10.3. The fourth-order valence-corrected chi connectivity index (χ4v) is 3.85. The molecule has 2 amide bonds. The van der Waals surface area contributed by atoms with Crippen LogP contribution in [0.3, 0.4) is 0 Å². The largest absolute Gasteiger partial charge is 0.494 e. The number of nitrogens with two attached hydrogens (primary N) is 1. The van der Waals surface area contributed by atoms with Gasteiger partial charge in [-0.25, -0.2) is 4.39 Å². The maximum atomic E-state index is 13.3. The van der Waals surface area contributed by atoms with Crippen LogP contribution in [-0.4, -0.2) is 43.0 Å². The van der Waals surface area contributed by atoms with Gasteiger partial charge in [0, 0.05) is 24.7 Å². The Morgan fingerprint density at radius 3 is 2.50 bits per heavy atom. The van der Waals surface area contributed by atoms with Gasteiger partial charge < -0.3 is 15.4 Å². The highest BCUT2D eigenvalue weighted by atomic mass is 19.1. The molecule has 1 saturated heterocycles. The summed E-state index contributed by atoms with van der Waals surface area (Å²) < 4.78 is 18.8. The van der Waals surface area contributed by atoms with Crippen LogP contribution < -0.4 is 15.4 Å². The highest BCUT2D eigenvalue weighted by Crippen LogP contribution is 2.33. The van der Waals surface area contributed by atoms with Crippen LogP contribution in [0.2, 0.25) is 0 Å². The lowest BCUT2D eigenvalue weighted by molar-refractivity contribution is -0.120. The summed E-state index contributed by atoms with van der Waals surface area (Å²) in [5.74, 6) is -0.170. The number of hydrogen-bond acceptors (Lipinski definition) is 4. The van der Waals surface area contributed by atoms with Crippen LogP contribution >= 0.6 is 0 Å². The molecule has 1 aliphatic heterocycles. The van der Waals surface area contributed by atoms with Gasteiger partial charge >= 0.3 is 0 Å². The van der Waals surface area contributed by atoms with Crippen LogP contribution in [0.1, 0.15) is 37.8 Å². The van der Waals surface area contributed by atoms with Gasteiger partial charge in [0.25, 0.3) is 0 Å². The van der Waals surface area contributed by atoms with Crippen molar-refractivity contribution in [3.05, 3.63) is 59.9 Å². The summed E-state index contributed by atoms with van der Waals surface area (Å²) in [5, 5.41) is 0. The first-order valence-corrected chi connectivity index (χ1v) is 10.3. The Hall–Kier alpha value is -2.93. The standard InChI is InChI=1S/C23H28FN3O3/c1-2-30-20-11-5-17(6-12-20)21-4-3-14-26(21)16-23(29)27(15-13-22(25)28)19-9-7-18(24)8-10-19/h5-12,21H,2-4,13-16H2,1H3,(H2,25,28). The lowest BCUT2D eigenvalue weighted by Crippen LogP contribution is -2.41. The second kappa shape index (κ2) is 10.2. The number of nitrogens with zero attached hydrogens (tertiary/aromatic N) is 2. The molecule has 3 rings (SSSR count). The Bertz CT molecular complexity index is 855. The Morgan fingerprint density at radius 1 is 1.17 bits per heavy atom. The van der Waals surface area contributed by atoms with Crippen LogP contribution in [0, 0.1) is 5.82 Å². The van der Waals surface area contributed by atoms with E-state index in [1.165, 1.54) is 17.0 Å². The maximum absolute atomic E-state index is 13.3. The monoisotopic (exact) mass is 413 g/mol. The number of amides is 2. The first kappa shape index (κ1) is 21.8. The number of anilines is 1. The molecule has 0 bridgehead atoms. The number of hydrogen-bond donors (Lipinski definition) is 1. The average molecular weight is 413 g/mol. The van der Waals surface area contributed by atoms with E-state index in [9.17, 15) is 14.0 Å². The number of primary amides is 1. The Kier molecular flexibility index (Phi) is 7.41. The number of carbonyl (C=O) groups excluding carboxylic acids is 2. The molecule has 1 heterocycles. The first-order chi connectivity index (χ1) is 14.5. The summed E-state index contributed by atoms with van der Waals surface area (Å²) in [6.07, 6.45) is 2.02. The lowest BCUT2D eigenvalue weighted by Gasteiger charge is -2.29. The predicted molar refractivity (Wildman–Crippen MR) is 114 cm³/mol. The summed E-state index contributed by atoms with van der Waals surface area (Å²) in [4.78, 5) is 28.1. The van der Waals surface area contributed by atoms with Crippen molar-refractivity contribution in [2.45, 2.75) is 32.2 Å². The van der Waals surface area contributed by atoms with Gasteiger partial charge in [-0.15, -0.1) is 0 Å². The fourth-order valence-electron chi connectivity index (χ4n) is 3.85. The second-order valence-electron chi connectivity index (χ2n) is 7.37. The molecule has 0 aromatic heterocycles. The molecule has 2 aromatic rings. The SMILES string of the molecule is CCOc1ccc(C2CCCN2CC(=O)N(CCC(N)=O)c2ccc(F)cc2)cc1. The fraction of sp³-hybridized carbons (Fsp3) is 0.391. The molecule has 0 spiro atoms. The third kappa shape index (κ3) is 5.57. The predicted octanol–water partition coefficient (Wildman–Crippen LogP) is 3.27. The van der Waals surface area contributed by atoms with Crippen molar-refractivity contribution in [1.29, 1.82) is 0 Å². The van der Waals surface area contributed by atoms with Crippen molar-refractivity contribution in [2.75, 3.05) is 31.1 Å². The van der Waals surface area contributed by atoms with E-state index >= 15 is 0 Å². The number of benzene rings is 2. The van der Waals surface area contributed by atoms with Gasteiger partial charge in [0.15, 0.2) is 0 Å². The molecule has 6 nitrogen and oxygen atoms in total. The molecule has 2 aromatic carbocycles. The van der Waals surface area contributed by atoms with Gasteiger partial charge in [-0.2, -0.15) is 0 Å². The minimum Gasteiger partial charge on any atom is -0.494 e. The molecule has 1 aliphatic rings. The number of halogens is 1. The smallest absolute Gasteiger partial charge is 0.241 e. The van der Waals surface area contributed by atoms with Gasteiger partial charge in [0.1, 0.15) is 11.6 Å². The third-order valence-corrected chi connectivity index (χ3v) is 5.30. The minimum absolute atomic E-state index is 0.0471. The Morgan fingerprint density at radius 2 is 1.87 bits per heavy atom. The zero-order chi connectivity index (χ0) is 21.5. The Labute approximate surface area is 176 Å². The van der Waals surface area contributed by atoms with Crippen molar-refractivity contribution in [2.24, 2.45) is 5.73 Å². The summed E-state index contributed by atoms with van der Waals surface area (Å²) in [5.41, 5.74) is 6.98. The molecule has 1 atom stereocenters. The minimum atomic E-state index is -0.483. The number of likely N-dealkylation sites (tertiary alicyclic amines) is 1. The number of ether oxygens (including phenoxy) is 1. The van der Waals surface area contributed by atoms with E-state index in [-0.39, 0.29) is 37.3 Å². The van der Waals surface area contributed by atoms with E-state index in [1.807, 2.05) is 31.2 Å². The van der Waals surface area contributed by atoms with E-state index in [2.05, 4.69) is 4.90 Å². The second-order valence-corrected chi connectivity index (χ2v) is 7.37. The molecule has 2 N–H and O–H groups in total. The van der Waals surface area contributed by atoms with Gasteiger partial charge in [-0.05, 0) is 68.3 Å². The van der Waals surface area contributed by atoms with Crippen molar-refractivity contribution in [1.82, 2.24) is 4.90 Å². The van der Waals surface area contributed by atoms with Crippen molar-refractivity contribution in [3.63, 3.8) is 0 Å². The maximum Gasteiger partial charge on any atom is 0.241 e. The Balaban J connectivity index is 1.72. The summed E-state index contributed by atoms with van der Waals surface area (Å²) in [6.45, 7) is 3.77. The van der Waals surface area contributed by atoms with Crippen LogP contribution in [0.15, 0.2) is 48.5 Å². The van der Waals surface area contributed by atoms with Gasteiger partial charge in [-0.1, -0.05) is 12.1 Å². The molecule has 1 unspecified atom stereocenters. The third-order valence-electron chi connectivity index (χ3n) is 5.30. The molecule has 0 radical (unpaired) electrons. The van der Waals surface area contributed by atoms with E-state index in [0.717, 1.165) is 30.7 Å². The summed E-state index contributed by atoms with van der Waals surface area (Å²) >= 11 is 0. The van der Waals surface area contributed by atoms with E-state index < -0.39 is 5.91 Å². The molecular weight excluding hydrogens is 385 g/mol. The number of rotatable bonds is 9. The highest BCUT2D eigenvalue weighted by Gasteiger charge is 2.29. The van der Waals surface area contributed by atoms with Crippen LogP contribution in [0.4, 0.5) is 10.1 Å². The van der Waals surface area contributed by atoms with Crippen molar-refractivity contribution >= 4 is 17.5 Å². The molecule has 0 saturated carbocycles. The lowest BCUT2D eigenvalue weighted by atomic mass is 10.0. The number of carbonyl (C=O) groups is 2. The van der Waals surface area contributed by atoms with E-state index in [0.29, 0.717) is 12.3 Å². The van der Waals surface area contributed by atoms with Gasteiger partial charge in [0.05, 0.1) is 13.2 Å². The van der Waals surface area contributed by atoms with Crippen LogP contribution in [-0.2, 0) is 9.59 Å². The van der Waals surface area contributed by atoms with Crippen LogP contribution in [0.5, 0.6) is 5.75 Å². The summed E-state index contributed by atoms with van der Waals surface area (Å²) in [6, 6.07) is 13.8. The van der Waals surface area contributed by atoms with Crippen molar-refractivity contribution < 1.29 is 18.7 Å². The van der Waals surface area contributed by atoms with E-state index in [1.54, 1.807) is 12.1 Å². The average Bonchev–Trinajstić information content (AvgIpc) is 3.18. The normalized spacial score (nSPS) is 16.4. The quantitative estimate of drug-likeness (QED) is 0.685. The molecule has 7 heteroatoms. The topological polar surface area (TPSA) is 75.9 Å². The molecule has 30 heavy (non-hydrogen) atoms. The zero-order valence-corrected chi connectivity index (χ0v) is 17.2. The van der Waals surface area contributed by atoms with E-state index in [4.69, 9.17) is 10.5 Å².